The summed E-state index contributed by atoms with van der Waals surface area (Å²) < 4.78 is 13.2. The molecule has 1 unspecified atom stereocenters. The molecular weight excluding hydrogens is 213 g/mol. The van der Waals surface area contributed by atoms with Crippen LogP contribution >= 0.6 is 0 Å². The van der Waals surface area contributed by atoms with Crippen LogP contribution in [-0.2, 0) is 0 Å². The molecule has 0 aliphatic rings. The Kier molecular flexibility index (Phi) is 6.35. The smallest absolute Gasteiger partial charge is 0.123 e. The van der Waals surface area contributed by atoms with E-state index in [0.29, 0.717) is 0 Å². The number of hydrogen-bond acceptors (Lipinski definition) is 1. The first-order chi connectivity index (χ1) is 8.27. The second kappa shape index (κ2) is 7.86. The van der Waals surface area contributed by atoms with E-state index < -0.39 is 0 Å². The number of nitrogens with one attached hydrogen (secondary N) is 1. The van der Waals surface area contributed by atoms with Gasteiger partial charge in [-0.25, -0.2) is 4.39 Å². The predicted molar refractivity (Wildman–Crippen MR) is 70.1 cm³/mol. The zero-order valence-corrected chi connectivity index (χ0v) is 10.4. The summed E-state index contributed by atoms with van der Waals surface area (Å²) in [5, 5.41) is 3.44. The van der Waals surface area contributed by atoms with Crippen molar-refractivity contribution in [1.29, 1.82) is 0 Å². The highest BCUT2D eigenvalue weighted by atomic mass is 19.1. The minimum atomic E-state index is -0.178. The summed E-state index contributed by atoms with van der Waals surface area (Å²) in [7, 11) is 0. The van der Waals surface area contributed by atoms with E-state index in [2.05, 4.69) is 18.2 Å². The van der Waals surface area contributed by atoms with E-state index in [4.69, 9.17) is 6.42 Å². The van der Waals surface area contributed by atoms with Crippen molar-refractivity contribution in [2.45, 2.75) is 38.6 Å². The molecule has 2 heteroatoms. The summed E-state index contributed by atoms with van der Waals surface area (Å²) in [6.45, 7) is 3.06. The van der Waals surface area contributed by atoms with Crippen LogP contribution in [0.3, 0.4) is 0 Å². The van der Waals surface area contributed by atoms with Crippen molar-refractivity contribution < 1.29 is 4.39 Å². The van der Waals surface area contributed by atoms with Gasteiger partial charge in [-0.1, -0.05) is 19.1 Å². The molecule has 1 nitrogen and oxygen atoms in total. The van der Waals surface area contributed by atoms with Gasteiger partial charge in [0.05, 0.1) is 0 Å². The largest absolute Gasteiger partial charge is 0.310 e. The molecule has 0 heterocycles. The van der Waals surface area contributed by atoms with Gasteiger partial charge in [0.2, 0.25) is 0 Å². The SMILES string of the molecule is C#CCCCC(NCCC)c1cccc(F)c1. The van der Waals surface area contributed by atoms with E-state index in [0.717, 1.165) is 37.8 Å². The minimum absolute atomic E-state index is 0.178. The number of halogens is 1. The second-order valence-corrected chi connectivity index (χ2v) is 4.16. The molecule has 0 spiro atoms. The first-order valence-corrected chi connectivity index (χ1v) is 6.20. The van der Waals surface area contributed by atoms with E-state index in [1.54, 1.807) is 12.1 Å². The number of rotatable bonds is 7. The monoisotopic (exact) mass is 233 g/mol. The molecule has 1 N–H and O–H groups in total. The zero-order valence-electron chi connectivity index (χ0n) is 10.4. The van der Waals surface area contributed by atoms with Gasteiger partial charge in [0.1, 0.15) is 5.82 Å². The number of hydrogen-bond donors (Lipinski definition) is 1. The Labute approximate surface area is 103 Å². The van der Waals surface area contributed by atoms with Gasteiger partial charge in [0, 0.05) is 12.5 Å². The first-order valence-electron chi connectivity index (χ1n) is 6.20. The molecule has 0 saturated carbocycles. The topological polar surface area (TPSA) is 12.0 Å². The number of terminal acetylenes is 1. The lowest BCUT2D eigenvalue weighted by Gasteiger charge is -2.18. The van der Waals surface area contributed by atoms with Gasteiger partial charge in [-0.2, -0.15) is 0 Å². The lowest BCUT2D eigenvalue weighted by Crippen LogP contribution is -2.22. The Morgan fingerprint density at radius 1 is 1.47 bits per heavy atom. The average molecular weight is 233 g/mol. The third-order valence-electron chi connectivity index (χ3n) is 2.71. The molecule has 1 rings (SSSR count). The van der Waals surface area contributed by atoms with Crippen molar-refractivity contribution in [3.8, 4) is 12.3 Å². The highest BCUT2D eigenvalue weighted by Crippen LogP contribution is 2.20. The fraction of sp³-hybridized carbons (Fsp3) is 0.467. The molecule has 0 fully saturated rings. The van der Waals surface area contributed by atoms with Crippen molar-refractivity contribution in [1.82, 2.24) is 5.32 Å². The second-order valence-electron chi connectivity index (χ2n) is 4.16. The molecule has 0 saturated heterocycles. The van der Waals surface area contributed by atoms with Crippen molar-refractivity contribution >= 4 is 0 Å². The van der Waals surface area contributed by atoms with Crippen LogP contribution in [0, 0.1) is 18.2 Å². The fourth-order valence-corrected chi connectivity index (χ4v) is 1.84. The van der Waals surface area contributed by atoms with Gasteiger partial charge < -0.3 is 5.32 Å². The van der Waals surface area contributed by atoms with Crippen LogP contribution in [0.25, 0.3) is 0 Å². The molecule has 0 amide bonds. The maximum Gasteiger partial charge on any atom is 0.123 e. The maximum atomic E-state index is 13.2. The van der Waals surface area contributed by atoms with E-state index >= 15 is 0 Å². The third-order valence-corrected chi connectivity index (χ3v) is 2.71. The van der Waals surface area contributed by atoms with E-state index in [1.807, 2.05) is 6.07 Å². The standard InChI is InChI=1S/C15H20FN/c1-3-5-6-10-15(17-11-4-2)13-8-7-9-14(16)12-13/h1,7-9,12,15,17H,4-6,10-11H2,2H3. The van der Waals surface area contributed by atoms with Gasteiger partial charge in [-0.3, -0.25) is 0 Å². The van der Waals surface area contributed by atoms with E-state index in [1.165, 1.54) is 6.07 Å². The Balaban J connectivity index is 2.64. The average Bonchev–Trinajstić information content (AvgIpc) is 2.33. The first kappa shape index (κ1) is 13.7. The Morgan fingerprint density at radius 3 is 2.94 bits per heavy atom. The van der Waals surface area contributed by atoms with E-state index in [-0.39, 0.29) is 11.9 Å². The molecule has 0 aromatic heterocycles. The lowest BCUT2D eigenvalue weighted by molar-refractivity contribution is 0.484. The van der Waals surface area contributed by atoms with Gasteiger partial charge in [-0.05, 0) is 43.5 Å². The highest BCUT2D eigenvalue weighted by Gasteiger charge is 2.10. The van der Waals surface area contributed by atoms with Crippen molar-refractivity contribution in [3.05, 3.63) is 35.6 Å². The summed E-state index contributed by atoms with van der Waals surface area (Å²) in [5.41, 5.74) is 1.01. The van der Waals surface area contributed by atoms with Crippen LogP contribution in [0.5, 0.6) is 0 Å². The van der Waals surface area contributed by atoms with Gasteiger partial charge in [0.15, 0.2) is 0 Å². The molecule has 92 valence electrons. The fourth-order valence-electron chi connectivity index (χ4n) is 1.84. The molecule has 0 radical (unpaired) electrons. The van der Waals surface area contributed by atoms with Crippen LogP contribution in [0.15, 0.2) is 24.3 Å². The zero-order chi connectivity index (χ0) is 12.5. The minimum Gasteiger partial charge on any atom is -0.310 e. The molecule has 1 aromatic carbocycles. The van der Waals surface area contributed by atoms with Crippen molar-refractivity contribution in [2.24, 2.45) is 0 Å². The Morgan fingerprint density at radius 2 is 2.29 bits per heavy atom. The highest BCUT2D eigenvalue weighted by molar-refractivity contribution is 5.20. The van der Waals surface area contributed by atoms with Crippen LogP contribution in [-0.4, -0.2) is 6.54 Å². The normalized spacial score (nSPS) is 12.1. The van der Waals surface area contributed by atoms with Crippen LogP contribution in [0.4, 0.5) is 4.39 Å². The third kappa shape index (κ3) is 5.01. The molecule has 0 bridgehead atoms. The Bertz CT molecular complexity index is 367. The lowest BCUT2D eigenvalue weighted by atomic mass is 10.0. The number of unbranched alkanes of at least 4 members (excludes halogenated alkanes) is 1. The molecule has 0 aliphatic heterocycles. The summed E-state index contributed by atoms with van der Waals surface area (Å²) >= 11 is 0. The van der Waals surface area contributed by atoms with Gasteiger partial charge in [-0.15, -0.1) is 12.3 Å². The van der Waals surface area contributed by atoms with Crippen LogP contribution in [0.2, 0.25) is 0 Å². The summed E-state index contributed by atoms with van der Waals surface area (Å²) in [6, 6.07) is 7.00. The summed E-state index contributed by atoms with van der Waals surface area (Å²) in [4.78, 5) is 0. The molecular formula is C15H20FN. The quantitative estimate of drug-likeness (QED) is 0.559. The van der Waals surface area contributed by atoms with Gasteiger partial charge >= 0.3 is 0 Å². The van der Waals surface area contributed by atoms with Crippen molar-refractivity contribution in [2.75, 3.05) is 6.54 Å². The van der Waals surface area contributed by atoms with Gasteiger partial charge in [0.25, 0.3) is 0 Å². The molecule has 1 aromatic rings. The van der Waals surface area contributed by atoms with Crippen LogP contribution in [0.1, 0.15) is 44.2 Å². The summed E-state index contributed by atoms with van der Waals surface area (Å²) in [6.07, 6.45) is 9.01. The van der Waals surface area contributed by atoms with E-state index in [9.17, 15) is 4.39 Å². The number of benzene rings is 1. The molecule has 17 heavy (non-hydrogen) atoms. The van der Waals surface area contributed by atoms with Crippen molar-refractivity contribution in [3.63, 3.8) is 0 Å². The predicted octanol–water partition coefficient (Wildman–Crippen LogP) is 3.67. The molecule has 0 aliphatic carbocycles. The maximum absolute atomic E-state index is 13.2. The summed E-state index contributed by atoms with van der Waals surface area (Å²) in [5.74, 6) is 2.46. The van der Waals surface area contributed by atoms with Crippen LogP contribution < -0.4 is 5.32 Å². The molecule has 1 atom stereocenters. The Hall–Kier alpha value is -1.33.